The average Bonchev–Trinajstić information content (AvgIpc) is 3.39. The van der Waals surface area contributed by atoms with E-state index in [1.54, 1.807) is 20.4 Å². The molecule has 0 aliphatic carbocycles. The largest absolute Gasteiger partial charge is 0.496 e. The first kappa shape index (κ1) is 24.1. The summed E-state index contributed by atoms with van der Waals surface area (Å²) in [4.78, 5) is 31.3. The molecule has 2 N–H and O–H groups in total. The van der Waals surface area contributed by atoms with Gasteiger partial charge in [-0.3, -0.25) is 4.79 Å². The molecule has 1 saturated heterocycles. The van der Waals surface area contributed by atoms with Gasteiger partial charge in [0.1, 0.15) is 29.4 Å². The zero-order chi connectivity index (χ0) is 24.8. The Hall–Kier alpha value is -4.07. The van der Waals surface area contributed by atoms with Crippen molar-refractivity contribution < 1.29 is 24.2 Å². The molecule has 0 spiro atoms. The van der Waals surface area contributed by atoms with Crippen molar-refractivity contribution in [2.24, 2.45) is 0 Å². The maximum atomic E-state index is 13.0. The molecule has 4 rings (SSSR count). The van der Waals surface area contributed by atoms with Crippen molar-refractivity contribution in [2.75, 3.05) is 25.7 Å². The lowest BCUT2D eigenvalue weighted by atomic mass is 9.99. The lowest BCUT2D eigenvalue weighted by molar-refractivity contribution is -0.141. The summed E-state index contributed by atoms with van der Waals surface area (Å²) < 4.78 is 11.0. The third-order valence-electron chi connectivity index (χ3n) is 6.22. The second-order valence-electron chi connectivity index (χ2n) is 8.38. The maximum absolute atomic E-state index is 13.0. The monoisotopic (exact) mass is 475 g/mol. The molecule has 182 valence electrons. The van der Waals surface area contributed by atoms with E-state index in [4.69, 9.17) is 9.47 Å². The molecular formula is C27H29N3O5. The van der Waals surface area contributed by atoms with Crippen LogP contribution in [0.4, 0.5) is 5.82 Å². The van der Waals surface area contributed by atoms with Gasteiger partial charge in [0.15, 0.2) is 0 Å². The van der Waals surface area contributed by atoms with Crippen LogP contribution in [-0.4, -0.2) is 54.8 Å². The van der Waals surface area contributed by atoms with Gasteiger partial charge < -0.3 is 24.8 Å². The molecule has 2 aromatic carbocycles. The summed E-state index contributed by atoms with van der Waals surface area (Å²) >= 11 is 0. The number of carbonyl (C=O) groups is 2. The van der Waals surface area contributed by atoms with Crippen LogP contribution in [0.1, 0.15) is 18.4 Å². The number of anilines is 1. The molecule has 0 saturated carbocycles. The van der Waals surface area contributed by atoms with Gasteiger partial charge in [-0.15, -0.1) is 0 Å². The van der Waals surface area contributed by atoms with Gasteiger partial charge in [-0.2, -0.15) is 0 Å². The van der Waals surface area contributed by atoms with Crippen LogP contribution in [0.5, 0.6) is 11.5 Å². The fraction of sp³-hybridized carbons (Fsp3) is 0.296. The topological polar surface area (TPSA) is 101 Å². The van der Waals surface area contributed by atoms with Gasteiger partial charge >= 0.3 is 5.97 Å². The van der Waals surface area contributed by atoms with Gasteiger partial charge in [0.05, 0.1) is 19.8 Å². The van der Waals surface area contributed by atoms with Gasteiger partial charge in [0.2, 0.25) is 5.91 Å². The van der Waals surface area contributed by atoms with Crippen molar-refractivity contribution in [3.63, 3.8) is 0 Å². The van der Waals surface area contributed by atoms with Crippen LogP contribution in [0, 0.1) is 0 Å². The Bertz CT molecular complexity index is 1140. The number of amides is 1. The van der Waals surface area contributed by atoms with E-state index in [9.17, 15) is 14.7 Å². The molecule has 3 aromatic rings. The van der Waals surface area contributed by atoms with E-state index >= 15 is 0 Å². The number of aliphatic carboxylic acids is 1. The number of methoxy groups -OCH3 is 2. The minimum absolute atomic E-state index is 0.167. The first-order valence-electron chi connectivity index (χ1n) is 11.5. The fourth-order valence-electron chi connectivity index (χ4n) is 4.48. The number of hydrogen-bond acceptors (Lipinski definition) is 6. The van der Waals surface area contributed by atoms with Crippen LogP contribution in [0.25, 0.3) is 11.1 Å². The van der Waals surface area contributed by atoms with E-state index in [0.717, 1.165) is 28.9 Å². The van der Waals surface area contributed by atoms with Crippen molar-refractivity contribution in [1.29, 1.82) is 0 Å². The molecule has 1 aromatic heterocycles. The van der Waals surface area contributed by atoms with E-state index < -0.39 is 18.1 Å². The minimum Gasteiger partial charge on any atom is -0.496 e. The standard InChI is InChI=1S/C27H29N3O5/c1-34-22-8-5-9-23(35-2)25(22)19-13-11-18(12-14-19)17-20(27(32)33)29-26(31)21-7-6-16-30(21)24-10-3-4-15-28-24/h3-5,8-15,20-21H,6-7,16-17H2,1-2H3,(H,29,31)(H,32,33)/t20-,21+/m0/s1. The van der Waals surface area contributed by atoms with E-state index in [1.807, 2.05) is 65.6 Å². The van der Waals surface area contributed by atoms with Crippen molar-refractivity contribution in [1.82, 2.24) is 10.3 Å². The van der Waals surface area contributed by atoms with Gasteiger partial charge in [0, 0.05) is 19.2 Å². The Kier molecular flexibility index (Phi) is 7.50. The van der Waals surface area contributed by atoms with Crippen LogP contribution in [0.15, 0.2) is 66.9 Å². The summed E-state index contributed by atoms with van der Waals surface area (Å²) in [6.45, 7) is 0.709. The maximum Gasteiger partial charge on any atom is 0.326 e. The van der Waals surface area contributed by atoms with Crippen molar-refractivity contribution >= 4 is 17.7 Å². The van der Waals surface area contributed by atoms with Gasteiger partial charge in [-0.1, -0.05) is 36.4 Å². The Morgan fingerprint density at radius 3 is 2.37 bits per heavy atom. The smallest absolute Gasteiger partial charge is 0.326 e. The lowest BCUT2D eigenvalue weighted by Gasteiger charge is -2.26. The summed E-state index contributed by atoms with van der Waals surface area (Å²) in [7, 11) is 3.21. The minimum atomic E-state index is -1.07. The molecule has 1 aliphatic rings. The van der Waals surface area contributed by atoms with Crippen molar-refractivity contribution in [2.45, 2.75) is 31.3 Å². The first-order chi connectivity index (χ1) is 17.0. The number of hydrogen-bond donors (Lipinski definition) is 2. The number of carboxylic acids is 1. The Balaban J connectivity index is 1.48. The summed E-state index contributed by atoms with van der Waals surface area (Å²) in [5, 5.41) is 12.5. The lowest BCUT2D eigenvalue weighted by Crippen LogP contribution is -2.50. The predicted molar refractivity (Wildman–Crippen MR) is 133 cm³/mol. The van der Waals surface area contributed by atoms with Crippen LogP contribution in [0.3, 0.4) is 0 Å². The van der Waals surface area contributed by atoms with Gasteiger partial charge in [-0.05, 0) is 48.2 Å². The van der Waals surface area contributed by atoms with Crippen LogP contribution in [-0.2, 0) is 16.0 Å². The second kappa shape index (κ2) is 10.9. The molecule has 2 atom stereocenters. The van der Waals surface area contributed by atoms with Crippen molar-refractivity contribution in [3.8, 4) is 22.6 Å². The number of nitrogens with zero attached hydrogens (tertiary/aromatic N) is 2. The van der Waals surface area contributed by atoms with Crippen molar-refractivity contribution in [3.05, 3.63) is 72.4 Å². The zero-order valence-corrected chi connectivity index (χ0v) is 19.8. The molecule has 1 amide bonds. The number of nitrogens with one attached hydrogen (secondary N) is 1. The highest BCUT2D eigenvalue weighted by atomic mass is 16.5. The van der Waals surface area contributed by atoms with E-state index in [1.165, 1.54) is 0 Å². The summed E-state index contributed by atoms with van der Waals surface area (Å²) in [5.41, 5.74) is 2.50. The molecule has 8 nitrogen and oxygen atoms in total. The SMILES string of the molecule is COc1cccc(OC)c1-c1ccc(C[C@H](NC(=O)[C@H]2CCCN2c2ccccn2)C(=O)O)cc1. The van der Waals surface area contributed by atoms with Crippen LogP contribution >= 0.6 is 0 Å². The molecule has 1 fully saturated rings. The molecule has 0 radical (unpaired) electrons. The van der Waals surface area contributed by atoms with E-state index in [-0.39, 0.29) is 12.3 Å². The molecule has 1 aliphatic heterocycles. The number of rotatable bonds is 9. The molecule has 2 heterocycles. The highest BCUT2D eigenvalue weighted by Gasteiger charge is 2.33. The fourth-order valence-corrected chi connectivity index (χ4v) is 4.48. The van der Waals surface area contributed by atoms with E-state index in [0.29, 0.717) is 24.5 Å². The summed E-state index contributed by atoms with van der Waals surface area (Å²) in [6, 6.07) is 17.2. The Morgan fingerprint density at radius 2 is 1.77 bits per heavy atom. The second-order valence-corrected chi connectivity index (χ2v) is 8.38. The number of carboxylic acid groups (broad SMARTS) is 1. The molecule has 8 heteroatoms. The van der Waals surface area contributed by atoms with Gasteiger partial charge in [0.25, 0.3) is 0 Å². The highest BCUT2D eigenvalue weighted by molar-refractivity contribution is 5.89. The molecule has 0 unspecified atom stereocenters. The molecule has 35 heavy (non-hydrogen) atoms. The summed E-state index contributed by atoms with van der Waals surface area (Å²) in [5.74, 6) is 0.718. The van der Waals surface area contributed by atoms with Crippen LogP contribution in [0.2, 0.25) is 0 Å². The summed E-state index contributed by atoms with van der Waals surface area (Å²) in [6.07, 6.45) is 3.36. The molecule has 0 bridgehead atoms. The van der Waals surface area contributed by atoms with Crippen LogP contribution < -0.4 is 19.7 Å². The number of aromatic nitrogens is 1. The zero-order valence-electron chi connectivity index (χ0n) is 19.8. The predicted octanol–water partition coefficient (Wildman–Crippen LogP) is 3.55. The normalized spacial score (nSPS) is 15.9. The first-order valence-corrected chi connectivity index (χ1v) is 11.5. The van der Waals surface area contributed by atoms with Gasteiger partial charge in [-0.25, -0.2) is 9.78 Å². The average molecular weight is 476 g/mol. The number of benzene rings is 2. The molecular weight excluding hydrogens is 446 g/mol. The Labute approximate surface area is 204 Å². The number of ether oxygens (including phenoxy) is 2. The van der Waals surface area contributed by atoms with E-state index in [2.05, 4.69) is 10.3 Å². The highest BCUT2D eigenvalue weighted by Crippen LogP contribution is 2.38. The quantitative estimate of drug-likeness (QED) is 0.488. The Morgan fingerprint density at radius 1 is 1.06 bits per heavy atom. The third-order valence-corrected chi connectivity index (χ3v) is 6.22. The number of pyridine rings is 1. The number of carbonyl (C=O) groups excluding carboxylic acids is 1. The third kappa shape index (κ3) is 5.37.